The van der Waals surface area contributed by atoms with E-state index in [1.54, 1.807) is 23.5 Å². The van der Waals surface area contributed by atoms with Crippen molar-refractivity contribution in [3.8, 4) is 0 Å². The summed E-state index contributed by atoms with van der Waals surface area (Å²) in [6, 6.07) is 12.7. The average Bonchev–Trinajstić information content (AvgIpc) is 3.23. The number of piperidine rings is 1. The van der Waals surface area contributed by atoms with Crippen LogP contribution in [0.4, 0.5) is 10.1 Å². The Bertz CT molecular complexity index is 1110. The molecule has 32 heavy (non-hydrogen) atoms. The van der Waals surface area contributed by atoms with Crippen molar-refractivity contribution in [3.63, 3.8) is 0 Å². The van der Waals surface area contributed by atoms with Gasteiger partial charge < -0.3 is 9.80 Å². The number of amides is 1. The highest BCUT2D eigenvalue weighted by Crippen LogP contribution is 2.34. The molecule has 3 aromatic rings. The number of carbonyl (C=O) groups excluding carboxylic acids is 1. The molecule has 0 atom stereocenters. The van der Waals surface area contributed by atoms with Crippen LogP contribution in [-0.2, 0) is 4.79 Å². The lowest BCUT2D eigenvalue weighted by Gasteiger charge is -2.38. The highest BCUT2D eigenvalue weighted by atomic mass is 35.5. The van der Waals surface area contributed by atoms with Gasteiger partial charge in [-0.3, -0.25) is 9.69 Å². The summed E-state index contributed by atoms with van der Waals surface area (Å²) in [6.07, 6.45) is 2.03. The minimum absolute atomic E-state index is 0.172. The molecule has 1 amide bonds. The molecule has 2 aromatic carbocycles. The van der Waals surface area contributed by atoms with Gasteiger partial charge in [-0.2, -0.15) is 0 Å². The first-order valence-electron chi connectivity index (χ1n) is 11.1. The molecule has 0 aliphatic carbocycles. The molecule has 5 nitrogen and oxygen atoms in total. The van der Waals surface area contributed by atoms with E-state index in [0.717, 1.165) is 36.5 Å². The van der Waals surface area contributed by atoms with Gasteiger partial charge in [-0.1, -0.05) is 23.7 Å². The van der Waals surface area contributed by atoms with Gasteiger partial charge in [0.2, 0.25) is 5.91 Å². The number of fused-ring (bicyclic) bond motifs is 1. The van der Waals surface area contributed by atoms with Crippen molar-refractivity contribution in [2.75, 3.05) is 50.7 Å². The molecule has 0 unspecified atom stereocenters. The number of hydrogen-bond acceptors (Lipinski definition) is 5. The van der Waals surface area contributed by atoms with E-state index in [-0.39, 0.29) is 11.7 Å². The fraction of sp³-hybridized carbons (Fsp3) is 0.417. The maximum absolute atomic E-state index is 14.0. The number of nitrogens with zero attached hydrogens (tertiary/aromatic N) is 4. The highest BCUT2D eigenvalue weighted by molar-refractivity contribution is 7.18. The largest absolute Gasteiger partial charge is 0.366 e. The summed E-state index contributed by atoms with van der Waals surface area (Å²) < 4.78 is 15.2. The van der Waals surface area contributed by atoms with Gasteiger partial charge in [-0.15, -0.1) is 11.3 Å². The standard InChI is InChI=1S/C24H26ClFN4OS/c25-18-5-6-22-20(15-18)27-24(32-22)17-7-9-28(10-8-17)16-23(31)30-13-11-29(12-14-30)21-4-2-1-3-19(21)26/h1-6,15,17H,7-14,16H2. The molecule has 2 fully saturated rings. The first kappa shape index (κ1) is 21.6. The Balaban J connectivity index is 1.11. The summed E-state index contributed by atoms with van der Waals surface area (Å²) in [6.45, 7) is 4.87. The normalized spacial score (nSPS) is 18.4. The summed E-state index contributed by atoms with van der Waals surface area (Å²) in [5.41, 5.74) is 1.60. The quantitative estimate of drug-likeness (QED) is 0.555. The molecule has 1 aromatic heterocycles. The predicted molar refractivity (Wildman–Crippen MR) is 128 cm³/mol. The van der Waals surface area contributed by atoms with Gasteiger partial charge in [0.05, 0.1) is 27.5 Å². The molecule has 0 saturated carbocycles. The molecule has 8 heteroatoms. The van der Waals surface area contributed by atoms with Gasteiger partial charge in [0.15, 0.2) is 0 Å². The van der Waals surface area contributed by atoms with E-state index >= 15 is 0 Å². The predicted octanol–water partition coefficient (Wildman–Crippen LogP) is 4.62. The number of aromatic nitrogens is 1. The number of likely N-dealkylation sites (tertiary alicyclic amines) is 1. The van der Waals surface area contributed by atoms with Crippen molar-refractivity contribution in [2.45, 2.75) is 18.8 Å². The third kappa shape index (κ3) is 4.60. The Labute approximate surface area is 196 Å². The number of piperazine rings is 1. The highest BCUT2D eigenvalue weighted by Gasteiger charge is 2.27. The summed E-state index contributed by atoms with van der Waals surface area (Å²) in [5, 5.41) is 1.90. The van der Waals surface area contributed by atoms with Gasteiger partial charge in [-0.25, -0.2) is 9.37 Å². The van der Waals surface area contributed by atoms with Crippen LogP contribution in [-0.4, -0.2) is 66.5 Å². The molecule has 3 heterocycles. The number of benzene rings is 2. The van der Waals surface area contributed by atoms with Crippen LogP contribution in [0.5, 0.6) is 0 Å². The molecule has 0 spiro atoms. The summed E-state index contributed by atoms with van der Waals surface area (Å²) in [7, 11) is 0. The molecule has 5 rings (SSSR count). The zero-order valence-corrected chi connectivity index (χ0v) is 19.4. The minimum Gasteiger partial charge on any atom is -0.366 e. The van der Waals surface area contributed by atoms with Crippen molar-refractivity contribution < 1.29 is 9.18 Å². The smallest absolute Gasteiger partial charge is 0.236 e. The molecule has 0 N–H and O–H groups in total. The van der Waals surface area contributed by atoms with E-state index < -0.39 is 0 Å². The number of thiazole rings is 1. The minimum atomic E-state index is -0.202. The zero-order chi connectivity index (χ0) is 22.1. The fourth-order valence-corrected chi connectivity index (χ4v) is 5.91. The summed E-state index contributed by atoms with van der Waals surface area (Å²) in [5.74, 6) is 0.416. The lowest BCUT2D eigenvalue weighted by atomic mass is 9.97. The van der Waals surface area contributed by atoms with E-state index in [4.69, 9.17) is 16.6 Å². The van der Waals surface area contributed by atoms with Crippen LogP contribution in [0, 0.1) is 5.82 Å². The Morgan fingerprint density at radius 3 is 2.56 bits per heavy atom. The number of para-hydroxylation sites is 1. The Hall–Kier alpha value is -2.22. The zero-order valence-electron chi connectivity index (χ0n) is 17.8. The van der Waals surface area contributed by atoms with E-state index in [1.165, 1.54) is 15.8 Å². The molecule has 2 aliphatic rings. The molecule has 2 saturated heterocycles. The van der Waals surface area contributed by atoms with Crippen LogP contribution in [0.15, 0.2) is 42.5 Å². The summed E-state index contributed by atoms with van der Waals surface area (Å²) in [4.78, 5) is 23.8. The number of halogens is 2. The Morgan fingerprint density at radius 1 is 1.06 bits per heavy atom. The molecular formula is C24H26ClFN4OS. The SMILES string of the molecule is O=C(CN1CCC(c2nc3cc(Cl)ccc3s2)CC1)N1CCN(c2ccccc2F)CC1. The number of rotatable bonds is 4. The average molecular weight is 473 g/mol. The summed E-state index contributed by atoms with van der Waals surface area (Å²) >= 11 is 7.85. The van der Waals surface area contributed by atoms with Crippen molar-refractivity contribution in [2.24, 2.45) is 0 Å². The van der Waals surface area contributed by atoms with E-state index in [0.29, 0.717) is 44.3 Å². The maximum Gasteiger partial charge on any atom is 0.236 e. The lowest BCUT2D eigenvalue weighted by Crippen LogP contribution is -2.52. The molecule has 0 bridgehead atoms. The first-order chi connectivity index (χ1) is 15.6. The van der Waals surface area contributed by atoms with Crippen LogP contribution in [0.25, 0.3) is 10.2 Å². The fourth-order valence-electron chi connectivity index (χ4n) is 4.63. The monoisotopic (exact) mass is 472 g/mol. The van der Waals surface area contributed by atoms with Gasteiger partial charge in [0.25, 0.3) is 0 Å². The number of anilines is 1. The second kappa shape index (κ2) is 9.33. The maximum atomic E-state index is 14.0. The molecular weight excluding hydrogens is 447 g/mol. The van der Waals surface area contributed by atoms with Gasteiger partial charge in [-0.05, 0) is 56.3 Å². The molecule has 2 aliphatic heterocycles. The van der Waals surface area contributed by atoms with Crippen LogP contribution in [0.2, 0.25) is 5.02 Å². The third-order valence-corrected chi connectivity index (χ3v) is 7.92. The van der Waals surface area contributed by atoms with Crippen LogP contribution in [0.1, 0.15) is 23.8 Å². The van der Waals surface area contributed by atoms with Crippen molar-refractivity contribution in [1.29, 1.82) is 0 Å². The van der Waals surface area contributed by atoms with E-state index in [2.05, 4.69) is 4.90 Å². The van der Waals surface area contributed by atoms with E-state index in [1.807, 2.05) is 34.1 Å². The third-order valence-electron chi connectivity index (χ3n) is 6.49. The van der Waals surface area contributed by atoms with Crippen molar-refractivity contribution in [1.82, 2.24) is 14.8 Å². The lowest BCUT2D eigenvalue weighted by molar-refractivity contribution is -0.133. The topological polar surface area (TPSA) is 39.7 Å². The second-order valence-electron chi connectivity index (χ2n) is 8.53. The van der Waals surface area contributed by atoms with Crippen molar-refractivity contribution >= 4 is 44.7 Å². The van der Waals surface area contributed by atoms with Crippen molar-refractivity contribution in [3.05, 3.63) is 58.3 Å². The van der Waals surface area contributed by atoms with Gasteiger partial charge in [0.1, 0.15) is 5.82 Å². The molecule has 168 valence electrons. The van der Waals surface area contributed by atoms with E-state index in [9.17, 15) is 9.18 Å². The molecule has 0 radical (unpaired) electrons. The van der Waals surface area contributed by atoms with Gasteiger partial charge in [0, 0.05) is 37.1 Å². The van der Waals surface area contributed by atoms with Crippen LogP contribution < -0.4 is 4.90 Å². The number of hydrogen-bond donors (Lipinski definition) is 0. The Morgan fingerprint density at radius 2 is 1.81 bits per heavy atom. The second-order valence-corrected chi connectivity index (χ2v) is 10.0. The van der Waals surface area contributed by atoms with Gasteiger partial charge >= 0.3 is 0 Å². The van der Waals surface area contributed by atoms with Crippen LogP contribution >= 0.6 is 22.9 Å². The number of carbonyl (C=O) groups is 1. The van der Waals surface area contributed by atoms with Crippen LogP contribution in [0.3, 0.4) is 0 Å². The first-order valence-corrected chi connectivity index (χ1v) is 12.3. The Kier molecular flexibility index (Phi) is 6.31.